The molecule has 132 valence electrons. The first-order valence-corrected chi connectivity index (χ1v) is 8.91. The second-order valence-corrected chi connectivity index (χ2v) is 6.30. The van der Waals surface area contributed by atoms with Gasteiger partial charge in [0.2, 0.25) is 0 Å². The van der Waals surface area contributed by atoms with Crippen molar-refractivity contribution in [1.82, 2.24) is 0 Å². The molecular weight excluding hydrogens is 396 g/mol. The normalized spacial score (nSPS) is 10.4. The second kappa shape index (κ2) is 8.01. The van der Waals surface area contributed by atoms with Crippen LogP contribution in [0.2, 0.25) is 0 Å². The van der Waals surface area contributed by atoms with E-state index in [4.69, 9.17) is 4.42 Å². The lowest BCUT2D eigenvalue weighted by molar-refractivity contribution is 0.0984. The third kappa shape index (κ3) is 4.03. The average molecular weight is 413 g/mol. The van der Waals surface area contributed by atoms with E-state index in [1.54, 1.807) is 41.3 Å². The molecule has 0 aliphatic carbocycles. The summed E-state index contributed by atoms with van der Waals surface area (Å²) >= 11 is 3.16. The Hall–Kier alpha value is -2.86. The smallest absolute Gasteiger partial charge is 0.291 e. The number of para-hydroxylation sites is 1. The summed E-state index contributed by atoms with van der Waals surface area (Å²) in [6.45, 7) is 2.50. The summed E-state index contributed by atoms with van der Waals surface area (Å²) in [6.07, 6.45) is 0. The van der Waals surface area contributed by atoms with E-state index in [2.05, 4.69) is 21.2 Å². The number of carbonyl (C=O) groups is 2. The summed E-state index contributed by atoms with van der Waals surface area (Å²) in [5.74, 6) is -0.237. The Morgan fingerprint density at radius 2 is 1.69 bits per heavy atom. The van der Waals surface area contributed by atoms with Crippen LogP contribution in [0.1, 0.15) is 27.8 Å². The van der Waals surface area contributed by atoms with Gasteiger partial charge in [0.15, 0.2) is 10.4 Å². The fraction of sp³-hybridized carbons (Fsp3) is 0.100. The number of hydrogen-bond acceptors (Lipinski definition) is 3. The van der Waals surface area contributed by atoms with E-state index in [1.165, 1.54) is 0 Å². The number of furan rings is 1. The van der Waals surface area contributed by atoms with Crippen molar-refractivity contribution in [2.75, 3.05) is 16.8 Å². The third-order valence-electron chi connectivity index (χ3n) is 3.82. The number of rotatable bonds is 5. The second-order valence-electron chi connectivity index (χ2n) is 5.52. The van der Waals surface area contributed by atoms with Gasteiger partial charge in [0.25, 0.3) is 11.8 Å². The number of carbonyl (C=O) groups excluding carboxylic acids is 2. The lowest BCUT2D eigenvalue weighted by Gasteiger charge is -2.21. The molecule has 26 heavy (non-hydrogen) atoms. The molecule has 0 aliphatic heterocycles. The van der Waals surface area contributed by atoms with Crippen molar-refractivity contribution in [3.63, 3.8) is 0 Å². The molecule has 3 aromatic rings. The van der Waals surface area contributed by atoms with Gasteiger partial charge in [-0.25, -0.2) is 0 Å². The number of benzene rings is 2. The highest BCUT2D eigenvalue weighted by atomic mass is 79.9. The fourth-order valence-electron chi connectivity index (χ4n) is 2.53. The summed E-state index contributed by atoms with van der Waals surface area (Å²) < 4.78 is 5.71. The molecule has 0 unspecified atom stereocenters. The van der Waals surface area contributed by atoms with Crippen molar-refractivity contribution in [2.45, 2.75) is 6.92 Å². The highest BCUT2D eigenvalue weighted by molar-refractivity contribution is 9.10. The van der Waals surface area contributed by atoms with E-state index in [0.717, 1.165) is 5.69 Å². The topological polar surface area (TPSA) is 62.6 Å². The van der Waals surface area contributed by atoms with Crippen molar-refractivity contribution in [2.24, 2.45) is 0 Å². The molecular formula is C20H17BrN2O3. The van der Waals surface area contributed by atoms with E-state index in [1.807, 2.05) is 37.3 Å². The maximum atomic E-state index is 12.8. The van der Waals surface area contributed by atoms with Gasteiger partial charge in [0.05, 0.1) is 0 Å². The summed E-state index contributed by atoms with van der Waals surface area (Å²) in [4.78, 5) is 26.5. The third-order valence-corrected chi connectivity index (χ3v) is 4.24. The molecule has 0 spiro atoms. The van der Waals surface area contributed by atoms with Crippen LogP contribution in [0.25, 0.3) is 0 Å². The van der Waals surface area contributed by atoms with E-state index >= 15 is 0 Å². The lowest BCUT2D eigenvalue weighted by Crippen LogP contribution is -2.30. The van der Waals surface area contributed by atoms with Crippen LogP contribution in [-0.2, 0) is 0 Å². The number of nitrogens with zero attached hydrogens (tertiary/aromatic N) is 1. The van der Waals surface area contributed by atoms with Gasteiger partial charge in [0, 0.05) is 23.5 Å². The number of hydrogen-bond donors (Lipinski definition) is 1. The minimum atomic E-state index is -0.353. The molecule has 0 saturated carbocycles. The summed E-state index contributed by atoms with van der Waals surface area (Å²) in [7, 11) is 0. The van der Waals surface area contributed by atoms with E-state index in [9.17, 15) is 9.59 Å². The highest BCUT2D eigenvalue weighted by Gasteiger charge is 2.16. The van der Waals surface area contributed by atoms with Crippen LogP contribution in [0, 0.1) is 0 Å². The van der Waals surface area contributed by atoms with Crippen molar-refractivity contribution in [3.8, 4) is 0 Å². The molecule has 0 bridgehead atoms. The van der Waals surface area contributed by atoms with Crippen LogP contribution in [0.15, 0.2) is 75.8 Å². The van der Waals surface area contributed by atoms with Crippen LogP contribution in [0.4, 0.5) is 11.4 Å². The summed E-state index contributed by atoms with van der Waals surface area (Å²) in [5.41, 5.74) is 1.98. The fourth-order valence-corrected chi connectivity index (χ4v) is 2.84. The van der Waals surface area contributed by atoms with E-state index < -0.39 is 0 Å². The molecule has 5 nitrogen and oxygen atoms in total. The first kappa shape index (κ1) is 17.9. The van der Waals surface area contributed by atoms with Crippen LogP contribution >= 0.6 is 15.9 Å². The predicted molar refractivity (Wildman–Crippen MR) is 105 cm³/mol. The van der Waals surface area contributed by atoms with Crippen molar-refractivity contribution in [1.29, 1.82) is 0 Å². The number of halogens is 1. The number of anilines is 2. The van der Waals surface area contributed by atoms with Gasteiger partial charge >= 0.3 is 0 Å². The van der Waals surface area contributed by atoms with Crippen LogP contribution in [-0.4, -0.2) is 18.4 Å². The molecule has 6 heteroatoms. The Morgan fingerprint density at radius 3 is 2.27 bits per heavy atom. The minimum absolute atomic E-state index is 0.0912. The minimum Gasteiger partial charge on any atom is -0.444 e. The van der Waals surface area contributed by atoms with Crippen LogP contribution in [0.3, 0.4) is 0 Å². The molecule has 0 radical (unpaired) electrons. The van der Waals surface area contributed by atoms with E-state index in [0.29, 0.717) is 22.5 Å². The zero-order valence-corrected chi connectivity index (χ0v) is 15.7. The van der Waals surface area contributed by atoms with Gasteiger partial charge in [-0.3, -0.25) is 9.59 Å². The zero-order chi connectivity index (χ0) is 18.5. The molecule has 0 fully saturated rings. The SMILES string of the molecule is CCN(C(=O)c1ccc(NC(=O)c2ccc(Br)o2)cc1)c1ccccc1. The van der Waals surface area contributed by atoms with Crippen molar-refractivity contribution >= 4 is 39.1 Å². The highest BCUT2D eigenvalue weighted by Crippen LogP contribution is 2.19. The average Bonchev–Trinajstić information content (AvgIpc) is 3.10. The summed E-state index contributed by atoms with van der Waals surface area (Å²) in [5, 5.41) is 2.73. The maximum absolute atomic E-state index is 12.8. The Balaban J connectivity index is 1.72. The van der Waals surface area contributed by atoms with Gasteiger partial charge in [-0.05, 0) is 71.4 Å². The molecule has 0 atom stereocenters. The Morgan fingerprint density at radius 1 is 1.00 bits per heavy atom. The monoisotopic (exact) mass is 412 g/mol. The van der Waals surface area contributed by atoms with Gasteiger partial charge in [-0.15, -0.1) is 0 Å². The standard InChI is InChI=1S/C20H17BrN2O3/c1-2-23(16-6-4-3-5-7-16)20(25)14-8-10-15(11-9-14)22-19(24)17-12-13-18(21)26-17/h3-13H,2H2,1H3,(H,22,24). The Kier molecular flexibility index (Phi) is 5.53. The zero-order valence-electron chi connectivity index (χ0n) is 14.1. The van der Waals surface area contributed by atoms with Crippen molar-refractivity contribution in [3.05, 3.63) is 82.7 Å². The van der Waals surface area contributed by atoms with E-state index in [-0.39, 0.29) is 17.6 Å². The molecule has 2 aromatic carbocycles. The summed E-state index contributed by atoms with van der Waals surface area (Å²) in [6, 6.07) is 19.5. The van der Waals surface area contributed by atoms with Gasteiger partial charge in [-0.2, -0.15) is 0 Å². The Bertz CT molecular complexity index is 904. The first-order valence-electron chi connectivity index (χ1n) is 8.12. The molecule has 1 aromatic heterocycles. The molecule has 3 rings (SSSR count). The van der Waals surface area contributed by atoms with Gasteiger partial charge < -0.3 is 14.6 Å². The lowest BCUT2D eigenvalue weighted by atomic mass is 10.1. The molecule has 0 aliphatic rings. The first-order chi connectivity index (χ1) is 12.6. The molecule has 1 N–H and O–H groups in total. The predicted octanol–water partition coefficient (Wildman–Crippen LogP) is 4.96. The maximum Gasteiger partial charge on any atom is 0.291 e. The number of nitrogens with one attached hydrogen (secondary N) is 1. The molecule has 0 saturated heterocycles. The largest absolute Gasteiger partial charge is 0.444 e. The van der Waals surface area contributed by atoms with Crippen molar-refractivity contribution < 1.29 is 14.0 Å². The van der Waals surface area contributed by atoms with Crippen LogP contribution < -0.4 is 10.2 Å². The van der Waals surface area contributed by atoms with Gasteiger partial charge in [-0.1, -0.05) is 18.2 Å². The molecule has 1 heterocycles. The van der Waals surface area contributed by atoms with Gasteiger partial charge in [0.1, 0.15) is 0 Å². The molecule has 2 amide bonds. The Labute approximate surface area is 159 Å². The number of amides is 2. The quantitative estimate of drug-likeness (QED) is 0.643. The van der Waals surface area contributed by atoms with Crippen LogP contribution in [0.5, 0.6) is 0 Å².